The minimum Gasteiger partial charge on any atom is -0.497 e. The number of carbonyl (C=O) groups is 1. The molecular weight excluding hydrogens is 378 g/mol. The molecule has 0 aliphatic heterocycles. The highest BCUT2D eigenvalue weighted by Gasteiger charge is 2.37. The minimum absolute atomic E-state index is 0.273. The number of sulfonamides is 1. The van der Waals surface area contributed by atoms with Gasteiger partial charge in [0, 0.05) is 19.7 Å². The first kappa shape index (κ1) is 19.9. The van der Waals surface area contributed by atoms with E-state index in [1.165, 1.54) is 19.2 Å². The van der Waals surface area contributed by atoms with E-state index in [0.29, 0.717) is 10.1 Å². The van der Waals surface area contributed by atoms with Crippen LogP contribution in [0.4, 0.5) is 17.6 Å². The van der Waals surface area contributed by atoms with Crippen molar-refractivity contribution >= 4 is 15.8 Å². The third-order valence-electron chi connectivity index (χ3n) is 3.54. The number of ether oxygens (including phenoxy) is 1. The monoisotopic (exact) mass is 391 g/mol. The van der Waals surface area contributed by atoms with Crippen LogP contribution < -0.4 is 4.74 Å². The molecule has 0 aromatic heterocycles. The fraction of sp³-hybridized carbons (Fsp3) is 0.188. The maximum absolute atomic E-state index is 14.3. The van der Waals surface area contributed by atoms with Crippen LogP contribution in [0.1, 0.15) is 15.9 Å². The Kier molecular flexibility index (Phi) is 5.38. The van der Waals surface area contributed by atoms with Crippen molar-refractivity contribution < 1.29 is 35.5 Å². The van der Waals surface area contributed by atoms with Crippen LogP contribution in [0.15, 0.2) is 29.2 Å². The molecule has 2 rings (SSSR count). The molecule has 0 saturated carbocycles. The summed E-state index contributed by atoms with van der Waals surface area (Å²) >= 11 is 0. The van der Waals surface area contributed by atoms with Crippen molar-refractivity contribution in [2.75, 3.05) is 21.2 Å². The molecule has 0 N–H and O–H groups in total. The molecule has 140 valence electrons. The maximum Gasteiger partial charge on any atom is 0.246 e. The minimum atomic E-state index is -4.80. The van der Waals surface area contributed by atoms with E-state index < -0.39 is 49.5 Å². The molecule has 26 heavy (non-hydrogen) atoms. The smallest absolute Gasteiger partial charge is 0.246 e. The van der Waals surface area contributed by atoms with E-state index in [-0.39, 0.29) is 5.56 Å². The Morgan fingerprint density at radius 2 is 1.42 bits per heavy atom. The molecule has 0 aliphatic carbocycles. The van der Waals surface area contributed by atoms with Gasteiger partial charge in [0.25, 0.3) is 0 Å². The third-order valence-corrected chi connectivity index (χ3v) is 5.40. The lowest BCUT2D eigenvalue weighted by molar-refractivity contribution is 0.102. The number of benzene rings is 2. The van der Waals surface area contributed by atoms with Crippen molar-refractivity contribution in [2.24, 2.45) is 0 Å². The molecule has 0 heterocycles. The van der Waals surface area contributed by atoms with Crippen LogP contribution in [0.3, 0.4) is 0 Å². The average molecular weight is 391 g/mol. The van der Waals surface area contributed by atoms with Crippen molar-refractivity contribution in [3.63, 3.8) is 0 Å². The van der Waals surface area contributed by atoms with E-state index in [2.05, 4.69) is 0 Å². The number of halogens is 4. The second-order valence-electron chi connectivity index (χ2n) is 5.31. The van der Waals surface area contributed by atoms with Crippen LogP contribution in [0.2, 0.25) is 0 Å². The van der Waals surface area contributed by atoms with Crippen LogP contribution >= 0.6 is 0 Å². The van der Waals surface area contributed by atoms with E-state index in [9.17, 15) is 30.8 Å². The van der Waals surface area contributed by atoms with Gasteiger partial charge in [0.05, 0.1) is 12.7 Å². The Hall–Kier alpha value is -2.46. The molecule has 2 aromatic carbocycles. The Bertz CT molecular complexity index is 973. The Balaban J connectivity index is 2.84. The van der Waals surface area contributed by atoms with E-state index in [4.69, 9.17) is 4.74 Å². The highest BCUT2D eigenvalue weighted by molar-refractivity contribution is 7.89. The van der Waals surface area contributed by atoms with Crippen LogP contribution in [0.5, 0.6) is 5.75 Å². The SMILES string of the molecule is COc1ccc(C(=O)c2c(F)c(F)c(F)c(F)c2S(=O)(=O)N(C)C)cc1. The lowest BCUT2D eigenvalue weighted by atomic mass is 10.0. The number of rotatable bonds is 5. The molecule has 2 aromatic rings. The van der Waals surface area contributed by atoms with Gasteiger partial charge in [-0.25, -0.2) is 30.3 Å². The zero-order valence-corrected chi connectivity index (χ0v) is 14.6. The van der Waals surface area contributed by atoms with Crippen LogP contribution in [0, 0.1) is 23.3 Å². The van der Waals surface area contributed by atoms with Gasteiger partial charge in [0.15, 0.2) is 29.1 Å². The van der Waals surface area contributed by atoms with E-state index >= 15 is 0 Å². The quantitative estimate of drug-likeness (QED) is 0.340. The predicted octanol–water partition coefficient (Wildman–Crippen LogP) is 2.73. The molecule has 0 saturated heterocycles. The van der Waals surface area contributed by atoms with Crippen molar-refractivity contribution in [3.05, 3.63) is 58.7 Å². The summed E-state index contributed by atoms with van der Waals surface area (Å²) in [5, 5.41) is 0. The molecule has 0 amide bonds. The second kappa shape index (κ2) is 7.04. The molecule has 0 spiro atoms. The number of methoxy groups -OCH3 is 1. The van der Waals surface area contributed by atoms with Crippen LogP contribution in [-0.4, -0.2) is 39.7 Å². The molecule has 10 heteroatoms. The fourth-order valence-electron chi connectivity index (χ4n) is 2.13. The van der Waals surface area contributed by atoms with E-state index in [1.54, 1.807) is 0 Å². The van der Waals surface area contributed by atoms with Crippen LogP contribution in [0.25, 0.3) is 0 Å². The Morgan fingerprint density at radius 3 is 1.88 bits per heavy atom. The topological polar surface area (TPSA) is 63.7 Å². The Labute approximate surface area is 146 Å². The molecule has 5 nitrogen and oxygen atoms in total. The zero-order chi connectivity index (χ0) is 19.8. The number of hydrogen-bond acceptors (Lipinski definition) is 4. The number of hydrogen-bond donors (Lipinski definition) is 0. The summed E-state index contributed by atoms with van der Waals surface area (Å²) in [6.45, 7) is 0. The molecule has 0 bridgehead atoms. The van der Waals surface area contributed by atoms with Gasteiger partial charge in [0.1, 0.15) is 10.6 Å². The van der Waals surface area contributed by atoms with Crippen molar-refractivity contribution in [3.8, 4) is 5.75 Å². The first-order valence-electron chi connectivity index (χ1n) is 7.01. The van der Waals surface area contributed by atoms with Gasteiger partial charge in [0.2, 0.25) is 10.0 Å². The van der Waals surface area contributed by atoms with Gasteiger partial charge in [-0.15, -0.1) is 0 Å². The maximum atomic E-state index is 14.3. The lowest BCUT2D eigenvalue weighted by Crippen LogP contribution is -2.27. The molecular formula is C16H13F4NO4S. The van der Waals surface area contributed by atoms with Crippen LogP contribution in [-0.2, 0) is 10.0 Å². The van der Waals surface area contributed by atoms with Gasteiger partial charge in [-0.2, -0.15) is 0 Å². The summed E-state index contributed by atoms with van der Waals surface area (Å²) < 4.78 is 85.6. The second-order valence-corrected chi connectivity index (χ2v) is 7.39. The highest BCUT2D eigenvalue weighted by atomic mass is 32.2. The fourth-order valence-corrected chi connectivity index (χ4v) is 3.25. The third kappa shape index (κ3) is 3.17. The Morgan fingerprint density at radius 1 is 0.923 bits per heavy atom. The van der Waals surface area contributed by atoms with Crippen molar-refractivity contribution in [1.29, 1.82) is 0 Å². The molecule has 0 atom stereocenters. The first-order chi connectivity index (χ1) is 12.0. The molecule has 0 radical (unpaired) electrons. The van der Waals surface area contributed by atoms with Gasteiger partial charge in [-0.1, -0.05) is 0 Å². The average Bonchev–Trinajstić information content (AvgIpc) is 2.61. The first-order valence-corrected chi connectivity index (χ1v) is 8.45. The normalized spacial score (nSPS) is 11.7. The largest absolute Gasteiger partial charge is 0.497 e. The van der Waals surface area contributed by atoms with Gasteiger partial charge >= 0.3 is 0 Å². The number of nitrogens with zero attached hydrogens (tertiary/aromatic N) is 1. The predicted molar refractivity (Wildman–Crippen MR) is 83.6 cm³/mol. The summed E-state index contributed by atoms with van der Waals surface area (Å²) in [5.41, 5.74) is -1.69. The number of carbonyl (C=O) groups excluding carboxylic acids is 1. The van der Waals surface area contributed by atoms with Gasteiger partial charge in [-0.3, -0.25) is 4.79 Å². The van der Waals surface area contributed by atoms with Crippen molar-refractivity contribution in [2.45, 2.75) is 4.90 Å². The highest BCUT2D eigenvalue weighted by Crippen LogP contribution is 2.31. The van der Waals surface area contributed by atoms with Gasteiger partial charge in [-0.05, 0) is 24.3 Å². The zero-order valence-electron chi connectivity index (χ0n) is 13.8. The summed E-state index contributed by atoms with van der Waals surface area (Å²) in [6, 6.07) is 4.90. The van der Waals surface area contributed by atoms with E-state index in [0.717, 1.165) is 26.2 Å². The summed E-state index contributed by atoms with van der Waals surface area (Å²) in [7, 11) is -1.51. The van der Waals surface area contributed by atoms with Crippen molar-refractivity contribution in [1.82, 2.24) is 4.31 Å². The number of ketones is 1. The van der Waals surface area contributed by atoms with E-state index in [1.807, 2.05) is 0 Å². The standard InChI is InChI=1S/C16H13F4NO4S/c1-21(2)26(23,24)16-10(11(17)12(18)13(19)14(16)20)15(22)8-4-6-9(25-3)7-5-8/h4-7H,1-3H3. The summed E-state index contributed by atoms with van der Waals surface area (Å²) in [5.74, 6) is -9.87. The molecule has 0 unspecified atom stereocenters. The molecule has 0 fully saturated rings. The summed E-state index contributed by atoms with van der Waals surface area (Å²) in [6.07, 6.45) is 0. The lowest BCUT2D eigenvalue weighted by Gasteiger charge is -2.17. The molecule has 0 aliphatic rings. The van der Waals surface area contributed by atoms with Gasteiger partial charge < -0.3 is 4.74 Å². The summed E-state index contributed by atoms with van der Waals surface area (Å²) in [4.78, 5) is 11.0.